The van der Waals surface area contributed by atoms with Crippen LogP contribution in [0.3, 0.4) is 0 Å². The number of ketones is 2. The zero-order valence-electron chi connectivity index (χ0n) is 15.2. The molecule has 0 radical (unpaired) electrons. The van der Waals surface area contributed by atoms with E-state index in [0.29, 0.717) is 18.5 Å². The smallest absolute Gasteiger partial charge is 0.239 e. The molecule has 1 aromatic heterocycles. The van der Waals surface area contributed by atoms with Crippen LogP contribution in [0.4, 0.5) is 5.69 Å². The maximum atomic E-state index is 13.3. The zero-order valence-corrected chi connectivity index (χ0v) is 15.2. The van der Waals surface area contributed by atoms with Gasteiger partial charge in [-0.3, -0.25) is 14.4 Å². The second kappa shape index (κ2) is 5.16. The van der Waals surface area contributed by atoms with Crippen molar-refractivity contribution < 1.29 is 14.4 Å². The highest BCUT2D eigenvalue weighted by atomic mass is 16.2. The normalized spacial score (nSPS) is 29.2. The molecule has 2 atom stereocenters. The van der Waals surface area contributed by atoms with E-state index < -0.39 is 27.8 Å². The lowest BCUT2D eigenvalue weighted by atomic mass is 9.64. The Balaban J connectivity index is 1.75. The van der Waals surface area contributed by atoms with Crippen molar-refractivity contribution in [1.82, 2.24) is 4.57 Å². The summed E-state index contributed by atoms with van der Waals surface area (Å²) >= 11 is 0. The molecule has 1 aromatic carbocycles. The standard InChI is InChI=1S/C21H22N2O3/c1-19(2)20(3)10-11-21(19,17(25)16(20)24)18(26)22-14-8-4-5-9-15(14)23-12-6-7-13-23/h4-9,12-13H,10-11H2,1-3H3,(H,22,26). The molecule has 2 aliphatic rings. The van der Waals surface area contributed by atoms with Crippen LogP contribution in [-0.2, 0) is 14.4 Å². The van der Waals surface area contributed by atoms with Crippen molar-refractivity contribution in [2.24, 2.45) is 16.2 Å². The Kier molecular flexibility index (Phi) is 3.33. The molecule has 0 saturated heterocycles. The molecule has 2 saturated carbocycles. The van der Waals surface area contributed by atoms with E-state index in [1.807, 2.05) is 74.1 Å². The van der Waals surface area contributed by atoms with E-state index in [4.69, 9.17) is 0 Å². The van der Waals surface area contributed by atoms with Crippen molar-refractivity contribution in [3.8, 4) is 5.69 Å². The van der Waals surface area contributed by atoms with Crippen LogP contribution in [-0.4, -0.2) is 22.0 Å². The predicted octanol–water partition coefficient (Wildman–Crippen LogP) is 3.38. The van der Waals surface area contributed by atoms with Crippen LogP contribution in [0.5, 0.6) is 0 Å². The van der Waals surface area contributed by atoms with Crippen molar-refractivity contribution in [1.29, 1.82) is 0 Å². The third-order valence-electron chi connectivity index (χ3n) is 6.96. The van der Waals surface area contributed by atoms with Gasteiger partial charge in [-0.2, -0.15) is 0 Å². The summed E-state index contributed by atoms with van der Waals surface area (Å²) in [6, 6.07) is 11.3. The summed E-state index contributed by atoms with van der Waals surface area (Å²) in [5, 5.41) is 2.95. The van der Waals surface area contributed by atoms with Gasteiger partial charge in [0.1, 0.15) is 5.41 Å². The van der Waals surface area contributed by atoms with Gasteiger partial charge < -0.3 is 9.88 Å². The van der Waals surface area contributed by atoms with E-state index in [1.165, 1.54) is 0 Å². The Hall–Kier alpha value is -2.69. The predicted molar refractivity (Wildman–Crippen MR) is 98.0 cm³/mol. The largest absolute Gasteiger partial charge is 0.323 e. The van der Waals surface area contributed by atoms with E-state index in [2.05, 4.69) is 5.32 Å². The summed E-state index contributed by atoms with van der Waals surface area (Å²) < 4.78 is 1.90. The van der Waals surface area contributed by atoms with E-state index in [-0.39, 0.29) is 5.91 Å². The number of nitrogens with one attached hydrogen (secondary N) is 1. The van der Waals surface area contributed by atoms with Crippen molar-refractivity contribution >= 4 is 23.2 Å². The summed E-state index contributed by atoms with van der Waals surface area (Å²) in [6.45, 7) is 5.57. The lowest BCUT2D eigenvalue weighted by molar-refractivity contribution is -0.147. The van der Waals surface area contributed by atoms with Gasteiger partial charge in [0.25, 0.3) is 0 Å². The Labute approximate surface area is 152 Å². The second-order valence-corrected chi connectivity index (χ2v) is 8.08. The fourth-order valence-corrected chi connectivity index (χ4v) is 4.80. The maximum Gasteiger partial charge on any atom is 0.239 e. The number of amides is 1. The molecule has 2 unspecified atom stereocenters. The monoisotopic (exact) mass is 350 g/mol. The Bertz CT molecular complexity index is 928. The fourth-order valence-electron chi connectivity index (χ4n) is 4.80. The third-order valence-corrected chi connectivity index (χ3v) is 6.96. The summed E-state index contributed by atoms with van der Waals surface area (Å²) in [4.78, 5) is 38.8. The molecule has 0 spiro atoms. The van der Waals surface area contributed by atoms with Crippen LogP contribution in [0.1, 0.15) is 33.6 Å². The van der Waals surface area contributed by atoms with Crippen molar-refractivity contribution in [2.45, 2.75) is 33.6 Å². The van der Waals surface area contributed by atoms with Gasteiger partial charge >= 0.3 is 0 Å². The first kappa shape index (κ1) is 16.8. The number of para-hydroxylation sites is 2. The molecule has 1 amide bonds. The highest BCUT2D eigenvalue weighted by molar-refractivity contribution is 6.49. The van der Waals surface area contributed by atoms with Gasteiger partial charge in [0, 0.05) is 17.8 Å². The number of anilines is 1. The number of benzene rings is 1. The van der Waals surface area contributed by atoms with E-state index >= 15 is 0 Å². The van der Waals surface area contributed by atoms with Crippen LogP contribution in [0.25, 0.3) is 5.69 Å². The summed E-state index contributed by atoms with van der Waals surface area (Å²) in [6.07, 6.45) is 4.77. The number of aromatic nitrogens is 1. The number of Topliss-reactive ketones (excluding diaryl/α,β-unsaturated/α-hetero) is 2. The van der Waals surface area contributed by atoms with Gasteiger partial charge in [-0.1, -0.05) is 32.9 Å². The quantitative estimate of drug-likeness (QED) is 0.681. The molecule has 5 nitrogen and oxygen atoms in total. The molecule has 134 valence electrons. The number of rotatable bonds is 3. The van der Waals surface area contributed by atoms with Crippen LogP contribution >= 0.6 is 0 Å². The molecular formula is C21H22N2O3. The highest BCUT2D eigenvalue weighted by Gasteiger charge is 2.77. The highest BCUT2D eigenvalue weighted by Crippen LogP contribution is 2.69. The molecule has 2 aliphatic carbocycles. The third kappa shape index (κ3) is 1.78. The topological polar surface area (TPSA) is 68.2 Å². The Morgan fingerprint density at radius 3 is 2.23 bits per heavy atom. The van der Waals surface area contributed by atoms with Crippen LogP contribution in [0, 0.1) is 16.2 Å². The zero-order chi connectivity index (χ0) is 18.7. The average molecular weight is 350 g/mol. The second-order valence-electron chi connectivity index (χ2n) is 8.08. The van der Waals surface area contributed by atoms with Gasteiger partial charge in [-0.05, 0) is 42.5 Å². The van der Waals surface area contributed by atoms with Gasteiger partial charge in [-0.15, -0.1) is 0 Å². The molecule has 1 N–H and O–H groups in total. The number of carbonyl (C=O) groups is 3. The van der Waals surface area contributed by atoms with Gasteiger partial charge in [0.2, 0.25) is 17.5 Å². The SMILES string of the molecule is CC12CCC(C(=O)Nc3ccccc3-n3cccc3)(C(=O)C1=O)C2(C)C. The van der Waals surface area contributed by atoms with E-state index in [9.17, 15) is 14.4 Å². The lowest BCUT2D eigenvalue weighted by Gasteiger charge is -2.37. The molecule has 2 fully saturated rings. The molecule has 2 aromatic rings. The number of fused-ring (bicyclic) bond motifs is 2. The fraction of sp³-hybridized carbons (Fsp3) is 0.381. The number of hydrogen-bond acceptors (Lipinski definition) is 3. The molecule has 2 bridgehead atoms. The maximum absolute atomic E-state index is 13.3. The Morgan fingerprint density at radius 1 is 0.962 bits per heavy atom. The number of nitrogens with zero attached hydrogens (tertiary/aromatic N) is 1. The van der Waals surface area contributed by atoms with Gasteiger partial charge in [0.05, 0.1) is 11.4 Å². The summed E-state index contributed by atoms with van der Waals surface area (Å²) in [5.41, 5.74) is -1.32. The molecule has 0 aliphatic heterocycles. The number of hydrogen-bond donors (Lipinski definition) is 1. The van der Waals surface area contributed by atoms with E-state index in [1.54, 1.807) is 0 Å². The lowest BCUT2D eigenvalue weighted by Crippen LogP contribution is -2.47. The van der Waals surface area contributed by atoms with Crippen molar-refractivity contribution in [3.63, 3.8) is 0 Å². The van der Waals surface area contributed by atoms with Gasteiger partial charge in [0.15, 0.2) is 0 Å². The first-order valence-electron chi connectivity index (χ1n) is 8.89. The van der Waals surface area contributed by atoms with Gasteiger partial charge in [-0.25, -0.2) is 0 Å². The minimum absolute atomic E-state index is 0.373. The van der Waals surface area contributed by atoms with Crippen LogP contribution in [0.15, 0.2) is 48.8 Å². The minimum atomic E-state index is -1.29. The average Bonchev–Trinajstić information content (AvgIpc) is 3.23. The van der Waals surface area contributed by atoms with E-state index in [0.717, 1.165) is 5.69 Å². The molecular weight excluding hydrogens is 328 g/mol. The van der Waals surface area contributed by atoms with Crippen LogP contribution in [0.2, 0.25) is 0 Å². The number of carbonyl (C=O) groups excluding carboxylic acids is 3. The van der Waals surface area contributed by atoms with Crippen LogP contribution < -0.4 is 5.32 Å². The first-order valence-corrected chi connectivity index (χ1v) is 8.89. The molecule has 26 heavy (non-hydrogen) atoms. The summed E-state index contributed by atoms with van der Waals surface area (Å²) in [7, 11) is 0. The first-order chi connectivity index (χ1) is 12.3. The molecule has 4 rings (SSSR count). The molecule has 1 heterocycles. The summed E-state index contributed by atoms with van der Waals surface area (Å²) in [5.74, 6) is -1.31. The van der Waals surface area contributed by atoms with Crippen molar-refractivity contribution in [3.05, 3.63) is 48.8 Å². The minimum Gasteiger partial charge on any atom is -0.323 e. The Morgan fingerprint density at radius 2 is 1.62 bits per heavy atom. The molecule has 5 heteroatoms. The van der Waals surface area contributed by atoms with Crippen molar-refractivity contribution in [2.75, 3.05) is 5.32 Å².